The maximum Gasteiger partial charge on any atom is 0.165 e. The Morgan fingerprint density at radius 1 is 1.32 bits per heavy atom. The predicted octanol–water partition coefficient (Wildman–Crippen LogP) is 0.537. The first-order chi connectivity index (χ1) is 10.5. The summed E-state index contributed by atoms with van der Waals surface area (Å²) in [5.74, 6) is 0.610. The molecule has 1 saturated carbocycles. The number of hydrogen-bond donors (Lipinski definition) is 3. The van der Waals surface area contributed by atoms with Crippen molar-refractivity contribution in [3.63, 3.8) is 0 Å². The Balaban J connectivity index is 1.86. The van der Waals surface area contributed by atoms with Crippen molar-refractivity contribution in [3.05, 3.63) is 23.3 Å². The molecule has 5 heteroatoms. The number of aromatic hydroxyl groups is 1. The zero-order valence-corrected chi connectivity index (χ0v) is 12.6. The molecule has 0 radical (unpaired) electrons. The number of benzene rings is 1. The van der Waals surface area contributed by atoms with Gasteiger partial charge in [-0.25, -0.2) is 0 Å². The lowest BCUT2D eigenvalue weighted by molar-refractivity contribution is -0.204. The molecule has 2 fully saturated rings. The lowest BCUT2D eigenvalue weighted by Gasteiger charge is -2.63. The molecule has 5 rings (SSSR count). The predicted molar refractivity (Wildman–Crippen MR) is 79.1 cm³/mol. The van der Waals surface area contributed by atoms with Crippen LogP contribution in [0.1, 0.15) is 30.4 Å². The van der Waals surface area contributed by atoms with Crippen molar-refractivity contribution in [1.29, 1.82) is 0 Å². The van der Waals surface area contributed by atoms with Gasteiger partial charge in [-0.1, -0.05) is 6.07 Å². The quantitative estimate of drug-likeness (QED) is 0.652. The van der Waals surface area contributed by atoms with Crippen molar-refractivity contribution in [3.8, 4) is 11.5 Å². The van der Waals surface area contributed by atoms with Crippen LogP contribution in [0.15, 0.2) is 12.1 Å². The Bertz CT molecular complexity index is 677. The molecule has 2 aliphatic heterocycles. The van der Waals surface area contributed by atoms with Gasteiger partial charge in [-0.05, 0) is 50.9 Å². The lowest BCUT2D eigenvalue weighted by atomic mass is 9.49. The van der Waals surface area contributed by atoms with Gasteiger partial charge in [0.1, 0.15) is 6.10 Å². The van der Waals surface area contributed by atoms with E-state index in [1.807, 2.05) is 6.07 Å². The molecule has 1 aromatic carbocycles. The molecule has 1 aromatic rings. The SMILES string of the molecule is CN1CC[C@]23c4c5ccc(O)c4O[C@@H]2[C@@H](O)CC[C@@]3(O)[C@@H]1C5. The number of hydrogen-bond acceptors (Lipinski definition) is 5. The van der Waals surface area contributed by atoms with Gasteiger partial charge in [0.05, 0.1) is 17.1 Å². The minimum absolute atomic E-state index is 0.0443. The summed E-state index contributed by atoms with van der Waals surface area (Å²) in [6, 6.07) is 3.67. The number of likely N-dealkylation sites (tertiary alicyclic amines) is 1. The van der Waals surface area contributed by atoms with Crippen LogP contribution >= 0.6 is 0 Å². The molecule has 0 unspecified atom stereocenters. The molecule has 2 heterocycles. The van der Waals surface area contributed by atoms with E-state index in [1.54, 1.807) is 6.07 Å². The summed E-state index contributed by atoms with van der Waals surface area (Å²) in [6.45, 7) is 0.869. The second kappa shape index (κ2) is 3.78. The Kier molecular flexibility index (Phi) is 2.26. The average molecular weight is 303 g/mol. The maximum atomic E-state index is 11.7. The van der Waals surface area contributed by atoms with E-state index in [-0.39, 0.29) is 11.8 Å². The third kappa shape index (κ3) is 1.17. The number of aliphatic hydroxyl groups is 2. The highest BCUT2D eigenvalue weighted by Crippen LogP contribution is 2.65. The van der Waals surface area contributed by atoms with Gasteiger partial charge in [-0.15, -0.1) is 0 Å². The molecule has 3 N–H and O–H groups in total. The number of phenols is 1. The number of piperidine rings is 1. The van der Waals surface area contributed by atoms with Gasteiger partial charge in [0.2, 0.25) is 0 Å². The fourth-order valence-corrected chi connectivity index (χ4v) is 5.73. The number of rotatable bonds is 0. The van der Waals surface area contributed by atoms with Gasteiger partial charge < -0.3 is 25.0 Å². The summed E-state index contributed by atoms with van der Waals surface area (Å²) in [7, 11) is 2.07. The van der Waals surface area contributed by atoms with E-state index in [4.69, 9.17) is 4.74 Å². The highest BCUT2D eigenvalue weighted by Gasteiger charge is 2.72. The van der Waals surface area contributed by atoms with E-state index in [1.165, 1.54) is 0 Å². The monoisotopic (exact) mass is 303 g/mol. The fourth-order valence-electron chi connectivity index (χ4n) is 5.73. The first kappa shape index (κ1) is 13.2. The first-order valence-electron chi connectivity index (χ1n) is 8.12. The van der Waals surface area contributed by atoms with Crippen LogP contribution in [-0.2, 0) is 11.8 Å². The molecule has 2 aliphatic carbocycles. The lowest BCUT2D eigenvalue weighted by Crippen LogP contribution is -2.76. The Hall–Kier alpha value is -1.30. The molecular formula is C17H21NO4. The van der Waals surface area contributed by atoms with Gasteiger partial charge in [-0.3, -0.25) is 0 Å². The summed E-state index contributed by atoms with van der Waals surface area (Å²) in [5, 5.41) is 32.4. The summed E-state index contributed by atoms with van der Waals surface area (Å²) >= 11 is 0. The summed E-state index contributed by atoms with van der Waals surface area (Å²) in [6.07, 6.45) is 1.59. The van der Waals surface area contributed by atoms with Crippen molar-refractivity contribution in [2.45, 2.75) is 54.9 Å². The molecule has 118 valence electrons. The number of ether oxygens (including phenoxy) is 1. The van der Waals surface area contributed by atoms with Crippen molar-refractivity contribution in [2.75, 3.05) is 13.6 Å². The van der Waals surface area contributed by atoms with Crippen molar-refractivity contribution >= 4 is 0 Å². The van der Waals surface area contributed by atoms with Crippen LogP contribution in [0.3, 0.4) is 0 Å². The summed E-state index contributed by atoms with van der Waals surface area (Å²) in [5.41, 5.74) is 0.633. The van der Waals surface area contributed by atoms with Crippen LogP contribution in [0.25, 0.3) is 0 Å². The van der Waals surface area contributed by atoms with Crippen LogP contribution in [0.4, 0.5) is 0 Å². The van der Waals surface area contributed by atoms with Crippen molar-refractivity contribution in [1.82, 2.24) is 4.90 Å². The third-order valence-corrected chi connectivity index (χ3v) is 6.70. The van der Waals surface area contributed by atoms with E-state index < -0.39 is 23.2 Å². The van der Waals surface area contributed by atoms with Crippen LogP contribution in [-0.4, -0.2) is 57.7 Å². The second-order valence-electron chi connectivity index (χ2n) is 7.44. The van der Waals surface area contributed by atoms with E-state index >= 15 is 0 Å². The fraction of sp³-hybridized carbons (Fsp3) is 0.647. The van der Waals surface area contributed by atoms with Crippen LogP contribution < -0.4 is 4.74 Å². The highest BCUT2D eigenvalue weighted by molar-refractivity contribution is 5.62. The number of aliphatic hydroxyl groups excluding tert-OH is 1. The maximum absolute atomic E-state index is 11.7. The molecular weight excluding hydrogens is 282 g/mol. The Labute approximate surface area is 129 Å². The molecule has 1 saturated heterocycles. The van der Waals surface area contributed by atoms with E-state index in [9.17, 15) is 15.3 Å². The van der Waals surface area contributed by atoms with Gasteiger partial charge >= 0.3 is 0 Å². The molecule has 4 aliphatic rings. The molecule has 5 atom stereocenters. The van der Waals surface area contributed by atoms with Crippen molar-refractivity contribution < 1.29 is 20.1 Å². The summed E-state index contributed by atoms with van der Waals surface area (Å²) < 4.78 is 6.04. The van der Waals surface area contributed by atoms with Crippen LogP contribution in [0.2, 0.25) is 0 Å². The molecule has 0 aromatic heterocycles. The molecule has 2 bridgehead atoms. The normalized spacial score (nSPS) is 45.3. The molecule has 5 nitrogen and oxygen atoms in total. The average Bonchev–Trinajstić information content (AvgIpc) is 2.85. The van der Waals surface area contributed by atoms with E-state index in [0.717, 1.165) is 30.5 Å². The number of nitrogens with zero attached hydrogens (tertiary/aromatic N) is 1. The van der Waals surface area contributed by atoms with E-state index in [2.05, 4.69) is 11.9 Å². The van der Waals surface area contributed by atoms with Gasteiger partial charge in [-0.2, -0.15) is 0 Å². The van der Waals surface area contributed by atoms with Gasteiger partial charge in [0.25, 0.3) is 0 Å². The standard InChI is InChI=1S/C17H21NO4/c1-18-7-6-16-13-9-2-3-10(19)14(13)22-15(16)11(20)4-5-17(16,21)12(18)8-9/h2-3,11-12,15,19-21H,4-8H2,1H3/t11-,12-,15+,16-,17+/m0/s1. The Morgan fingerprint density at radius 3 is 2.95 bits per heavy atom. The van der Waals surface area contributed by atoms with Crippen LogP contribution in [0, 0.1) is 0 Å². The number of likely N-dealkylation sites (N-methyl/N-ethyl adjacent to an activating group) is 1. The van der Waals surface area contributed by atoms with Crippen molar-refractivity contribution in [2.24, 2.45) is 0 Å². The number of phenolic OH excluding ortho intramolecular Hbond substituents is 1. The topological polar surface area (TPSA) is 73.2 Å². The zero-order valence-electron chi connectivity index (χ0n) is 12.6. The Morgan fingerprint density at radius 2 is 2.14 bits per heavy atom. The smallest absolute Gasteiger partial charge is 0.165 e. The van der Waals surface area contributed by atoms with E-state index in [0.29, 0.717) is 18.6 Å². The molecule has 22 heavy (non-hydrogen) atoms. The second-order valence-corrected chi connectivity index (χ2v) is 7.44. The highest BCUT2D eigenvalue weighted by atomic mass is 16.5. The molecule has 1 spiro atoms. The first-order valence-corrected chi connectivity index (χ1v) is 8.12. The van der Waals surface area contributed by atoms with Crippen LogP contribution in [0.5, 0.6) is 11.5 Å². The van der Waals surface area contributed by atoms with Gasteiger partial charge in [0, 0.05) is 11.6 Å². The zero-order chi connectivity index (χ0) is 15.3. The summed E-state index contributed by atoms with van der Waals surface area (Å²) in [4.78, 5) is 2.24. The third-order valence-electron chi connectivity index (χ3n) is 6.70. The van der Waals surface area contributed by atoms with Gasteiger partial charge in [0.15, 0.2) is 11.5 Å². The minimum Gasteiger partial charge on any atom is -0.504 e. The largest absolute Gasteiger partial charge is 0.504 e. The molecule has 0 amide bonds. The minimum atomic E-state index is -0.893.